The lowest BCUT2D eigenvalue weighted by Crippen LogP contribution is -2.30. The number of anilines is 1. The maximum Gasteiger partial charge on any atom is 0.106 e. The molecule has 0 aliphatic carbocycles. The molecule has 0 radical (unpaired) electrons. The van der Waals surface area contributed by atoms with Crippen molar-refractivity contribution in [3.8, 4) is 0 Å². The Morgan fingerprint density at radius 3 is 2.69 bits per heavy atom. The van der Waals surface area contributed by atoms with E-state index in [0.717, 1.165) is 17.7 Å². The Morgan fingerprint density at radius 1 is 1.56 bits per heavy atom. The molecule has 0 bridgehead atoms. The SMILES string of the molecule is CCC(C)N(C)c1ccc(Cl)cc1C(N)=S. The molecule has 0 aliphatic heterocycles. The first-order valence-electron chi connectivity index (χ1n) is 5.29. The van der Waals surface area contributed by atoms with Crippen LogP contribution in [0.15, 0.2) is 18.2 Å². The van der Waals surface area contributed by atoms with Gasteiger partial charge in [-0.15, -0.1) is 0 Å². The highest BCUT2D eigenvalue weighted by atomic mass is 35.5. The second-order valence-electron chi connectivity index (χ2n) is 3.89. The van der Waals surface area contributed by atoms with E-state index in [9.17, 15) is 0 Å². The van der Waals surface area contributed by atoms with Crippen LogP contribution in [0.3, 0.4) is 0 Å². The molecule has 0 spiro atoms. The fourth-order valence-corrected chi connectivity index (χ4v) is 1.86. The maximum atomic E-state index is 5.95. The molecule has 2 N–H and O–H groups in total. The lowest BCUT2D eigenvalue weighted by molar-refractivity contribution is 0.663. The minimum Gasteiger partial charge on any atom is -0.389 e. The van der Waals surface area contributed by atoms with Gasteiger partial charge in [0.25, 0.3) is 0 Å². The Labute approximate surface area is 107 Å². The molecule has 0 saturated heterocycles. The van der Waals surface area contributed by atoms with Crippen LogP contribution in [-0.4, -0.2) is 18.1 Å². The molecule has 0 aromatic heterocycles. The molecule has 16 heavy (non-hydrogen) atoms. The number of hydrogen-bond donors (Lipinski definition) is 1. The summed E-state index contributed by atoms with van der Waals surface area (Å²) >= 11 is 11.0. The van der Waals surface area contributed by atoms with Gasteiger partial charge in [-0.1, -0.05) is 30.7 Å². The number of nitrogens with two attached hydrogens (primary N) is 1. The Hall–Kier alpha value is -0.800. The van der Waals surface area contributed by atoms with Crippen LogP contribution in [0.5, 0.6) is 0 Å². The van der Waals surface area contributed by atoms with Gasteiger partial charge >= 0.3 is 0 Å². The molecule has 88 valence electrons. The molecular formula is C12H17ClN2S. The van der Waals surface area contributed by atoms with Crippen molar-refractivity contribution in [3.63, 3.8) is 0 Å². The smallest absolute Gasteiger partial charge is 0.106 e. The summed E-state index contributed by atoms with van der Waals surface area (Å²) in [5, 5.41) is 0.657. The van der Waals surface area contributed by atoms with Gasteiger partial charge in [0.2, 0.25) is 0 Å². The average molecular weight is 257 g/mol. The monoisotopic (exact) mass is 256 g/mol. The van der Waals surface area contributed by atoms with E-state index in [1.165, 1.54) is 0 Å². The van der Waals surface area contributed by atoms with Gasteiger partial charge in [-0.05, 0) is 31.5 Å². The first-order valence-corrected chi connectivity index (χ1v) is 6.08. The predicted molar refractivity (Wildman–Crippen MR) is 75.5 cm³/mol. The lowest BCUT2D eigenvalue weighted by Gasteiger charge is -2.28. The minimum absolute atomic E-state index is 0.382. The number of nitrogens with zero attached hydrogens (tertiary/aromatic N) is 1. The number of thiocarbonyl (C=S) groups is 1. The van der Waals surface area contributed by atoms with Gasteiger partial charge in [-0.2, -0.15) is 0 Å². The maximum absolute atomic E-state index is 5.95. The van der Waals surface area contributed by atoms with Crippen LogP contribution >= 0.6 is 23.8 Å². The molecule has 0 amide bonds. The van der Waals surface area contributed by atoms with Crippen LogP contribution < -0.4 is 10.6 Å². The Kier molecular flexibility index (Phi) is 4.56. The Balaban J connectivity index is 3.17. The van der Waals surface area contributed by atoms with Crippen molar-refractivity contribution in [2.24, 2.45) is 5.73 Å². The highest BCUT2D eigenvalue weighted by Gasteiger charge is 2.13. The summed E-state index contributed by atoms with van der Waals surface area (Å²) < 4.78 is 0. The third kappa shape index (κ3) is 2.86. The first kappa shape index (κ1) is 13.3. The number of hydrogen-bond acceptors (Lipinski definition) is 2. The highest BCUT2D eigenvalue weighted by Crippen LogP contribution is 2.25. The summed E-state index contributed by atoms with van der Waals surface area (Å²) in [4.78, 5) is 2.55. The van der Waals surface area contributed by atoms with E-state index in [1.807, 2.05) is 25.2 Å². The highest BCUT2D eigenvalue weighted by molar-refractivity contribution is 7.80. The summed E-state index contributed by atoms with van der Waals surface area (Å²) in [6, 6.07) is 6.08. The third-order valence-corrected chi connectivity index (χ3v) is 3.31. The molecule has 1 aromatic rings. The van der Waals surface area contributed by atoms with Crippen LogP contribution in [0.1, 0.15) is 25.8 Å². The fourth-order valence-electron chi connectivity index (χ4n) is 1.52. The zero-order valence-corrected chi connectivity index (χ0v) is 11.4. The van der Waals surface area contributed by atoms with Crippen molar-refractivity contribution in [1.29, 1.82) is 0 Å². The van der Waals surface area contributed by atoms with Crippen LogP contribution in [0.4, 0.5) is 5.69 Å². The summed E-state index contributed by atoms with van der Waals surface area (Å²) in [5.41, 5.74) is 7.58. The van der Waals surface area contributed by atoms with E-state index in [0.29, 0.717) is 16.1 Å². The number of halogens is 1. The summed E-state index contributed by atoms with van der Waals surface area (Å²) in [6.45, 7) is 4.31. The third-order valence-electron chi connectivity index (χ3n) is 2.86. The van der Waals surface area contributed by atoms with Crippen molar-refractivity contribution in [2.75, 3.05) is 11.9 Å². The topological polar surface area (TPSA) is 29.3 Å². The molecule has 1 aromatic carbocycles. The molecule has 0 fully saturated rings. The van der Waals surface area contributed by atoms with E-state index in [2.05, 4.69) is 18.7 Å². The first-order chi connectivity index (χ1) is 7.47. The molecule has 1 unspecified atom stereocenters. The largest absolute Gasteiger partial charge is 0.389 e. The Bertz CT molecular complexity index is 393. The molecule has 1 rings (SSSR count). The molecular weight excluding hydrogens is 240 g/mol. The number of benzene rings is 1. The van der Waals surface area contributed by atoms with Crippen molar-refractivity contribution in [1.82, 2.24) is 0 Å². The van der Waals surface area contributed by atoms with Crippen LogP contribution in [-0.2, 0) is 0 Å². The van der Waals surface area contributed by atoms with Gasteiger partial charge < -0.3 is 10.6 Å². The standard InChI is InChI=1S/C12H17ClN2S/c1-4-8(2)15(3)11-6-5-9(13)7-10(11)12(14)16/h5-8H,4H2,1-3H3,(H2,14,16). The molecule has 2 nitrogen and oxygen atoms in total. The minimum atomic E-state index is 0.382. The van der Waals surface area contributed by atoms with Crippen molar-refractivity contribution in [2.45, 2.75) is 26.3 Å². The van der Waals surface area contributed by atoms with Gasteiger partial charge in [0.1, 0.15) is 4.99 Å². The normalized spacial score (nSPS) is 12.2. The second-order valence-corrected chi connectivity index (χ2v) is 4.77. The summed E-state index contributed by atoms with van der Waals surface area (Å²) in [6.07, 6.45) is 1.07. The van der Waals surface area contributed by atoms with Crippen molar-refractivity contribution >= 4 is 34.5 Å². The summed E-state index contributed by atoms with van der Waals surface area (Å²) in [5.74, 6) is 0. The average Bonchev–Trinajstić information content (AvgIpc) is 2.26. The van der Waals surface area contributed by atoms with E-state index in [4.69, 9.17) is 29.6 Å². The van der Waals surface area contributed by atoms with Gasteiger partial charge in [0, 0.05) is 29.4 Å². The zero-order valence-electron chi connectivity index (χ0n) is 9.83. The van der Waals surface area contributed by atoms with Crippen LogP contribution in [0.25, 0.3) is 0 Å². The van der Waals surface area contributed by atoms with E-state index < -0.39 is 0 Å². The summed E-state index contributed by atoms with van der Waals surface area (Å²) in [7, 11) is 2.04. The van der Waals surface area contributed by atoms with E-state index in [-0.39, 0.29) is 0 Å². The van der Waals surface area contributed by atoms with Gasteiger partial charge in [0.15, 0.2) is 0 Å². The van der Waals surface area contributed by atoms with Crippen molar-refractivity contribution < 1.29 is 0 Å². The molecule has 4 heteroatoms. The molecule has 0 heterocycles. The van der Waals surface area contributed by atoms with E-state index in [1.54, 1.807) is 0 Å². The fraction of sp³-hybridized carbons (Fsp3) is 0.417. The predicted octanol–water partition coefficient (Wildman–Crippen LogP) is 3.21. The molecule has 0 saturated carbocycles. The van der Waals surface area contributed by atoms with Crippen molar-refractivity contribution in [3.05, 3.63) is 28.8 Å². The second kappa shape index (κ2) is 5.51. The lowest BCUT2D eigenvalue weighted by atomic mass is 10.1. The Morgan fingerprint density at radius 2 is 2.19 bits per heavy atom. The van der Waals surface area contributed by atoms with Crippen LogP contribution in [0.2, 0.25) is 5.02 Å². The molecule has 1 atom stereocenters. The van der Waals surface area contributed by atoms with E-state index >= 15 is 0 Å². The number of rotatable bonds is 4. The quantitative estimate of drug-likeness (QED) is 0.839. The van der Waals surface area contributed by atoms with Gasteiger partial charge in [-0.3, -0.25) is 0 Å². The zero-order chi connectivity index (χ0) is 12.3. The van der Waals surface area contributed by atoms with Crippen LogP contribution in [0, 0.1) is 0 Å². The van der Waals surface area contributed by atoms with Gasteiger partial charge in [0.05, 0.1) is 0 Å². The molecule has 0 aliphatic rings. The van der Waals surface area contributed by atoms with Gasteiger partial charge in [-0.25, -0.2) is 0 Å².